The molecule has 0 fully saturated rings. The second-order valence-electron chi connectivity index (χ2n) is 6.47. The van der Waals surface area contributed by atoms with Gasteiger partial charge in [-0.2, -0.15) is 5.10 Å². The van der Waals surface area contributed by atoms with Crippen molar-refractivity contribution < 1.29 is 9.63 Å². The molecule has 1 aromatic heterocycles. The molecule has 0 spiro atoms. The van der Waals surface area contributed by atoms with E-state index in [9.17, 15) is 4.79 Å². The molecule has 1 amide bonds. The summed E-state index contributed by atoms with van der Waals surface area (Å²) in [6.07, 6.45) is 1.60. The van der Waals surface area contributed by atoms with Gasteiger partial charge in [0.2, 0.25) is 0 Å². The van der Waals surface area contributed by atoms with Crippen LogP contribution in [0.1, 0.15) is 50.3 Å². The van der Waals surface area contributed by atoms with Crippen LogP contribution in [-0.4, -0.2) is 33.5 Å². The summed E-state index contributed by atoms with van der Waals surface area (Å²) in [5.41, 5.74) is 2.02. The van der Waals surface area contributed by atoms with Crippen LogP contribution >= 0.6 is 0 Å². The Morgan fingerprint density at radius 2 is 2.29 bits per heavy atom. The fourth-order valence-electron chi connectivity index (χ4n) is 2.50. The maximum absolute atomic E-state index is 12.3. The summed E-state index contributed by atoms with van der Waals surface area (Å²) in [5.74, 6) is 0.385. The summed E-state index contributed by atoms with van der Waals surface area (Å²) in [4.78, 5) is 17.7. The van der Waals surface area contributed by atoms with Crippen molar-refractivity contribution in [3.05, 3.63) is 17.5 Å². The Bertz CT molecular complexity index is 562. The molecule has 6 nitrogen and oxygen atoms in total. The number of amides is 1. The summed E-state index contributed by atoms with van der Waals surface area (Å²) in [6.45, 7) is 8.56. The Labute approximate surface area is 125 Å². The molecular formula is C15H24N4O2. The van der Waals surface area contributed by atoms with E-state index in [0.717, 1.165) is 24.2 Å². The second-order valence-corrected chi connectivity index (χ2v) is 6.47. The Kier molecular flexibility index (Phi) is 4.34. The largest absolute Gasteiger partial charge is 0.387 e. The quantitative estimate of drug-likeness (QED) is 0.901. The number of oxime groups is 1. The van der Waals surface area contributed by atoms with Crippen LogP contribution in [0.5, 0.6) is 0 Å². The minimum absolute atomic E-state index is 0.130. The number of aromatic nitrogens is 2. The molecule has 0 saturated carbocycles. The van der Waals surface area contributed by atoms with E-state index in [1.54, 1.807) is 11.7 Å². The van der Waals surface area contributed by atoms with Crippen LogP contribution in [0.25, 0.3) is 0 Å². The molecule has 0 saturated heterocycles. The highest BCUT2D eigenvalue weighted by atomic mass is 16.7. The number of rotatable bonds is 5. The molecule has 2 rings (SSSR count). The lowest BCUT2D eigenvalue weighted by atomic mass is 10.0. The van der Waals surface area contributed by atoms with Gasteiger partial charge in [-0.15, -0.1) is 0 Å². The van der Waals surface area contributed by atoms with Gasteiger partial charge in [-0.25, -0.2) is 0 Å². The van der Waals surface area contributed by atoms with Crippen LogP contribution in [0.15, 0.2) is 11.2 Å². The summed E-state index contributed by atoms with van der Waals surface area (Å²) >= 11 is 0. The number of nitrogens with zero attached hydrogens (tertiary/aromatic N) is 3. The van der Waals surface area contributed by atoms with Gasteiger partial charge < -0.3 is 10.2 Å². The Morgan fingerprint density at radius 3 is 2.86 bits per heavy atom. The molecule has 6 heteroatoms. The first-order valence-corrected chi connectivity index (χ1v) is 7.32. The van der Waals surface area contributed by atoms with E-state index in [4.69, 9.17) is 4.84 Å². The fourth-order valence-corrected chi connectivity index (χ4v) is 2.50. The molecule has 21 heavy (non-hydrogen) atoms. The number of hydrogen-bond donors (Lipinski definition) is 1. The topological polar surface area (TPSA) is 68.5 Å². The molecule has 1 aromatic rings. The van der Waals surface area contributed by atoms with Crippen molar-refractivity contribution in [2.45, 2.75) is 46.1 Å². The lowest BCUT2D eigenvalue weighted by Crippen LogP contribution is -2.41. The highest BCUT2D eigenvalue weighted by Crippen LogP contribution is 2.22. The molecule has 0 unspecified atom stereocenters. The van der Waals surface area contributed by atoms with Crippen LogP contribution in [0.3, 0.4) is 0 Å². The molecule has 2 heterocycles. The predicted molar refractivity (Wildman–Crippen MR) is 81.3 cm³/mol. The SMILES string of the molecule is CC1=NO[C@](C)(CNC(=O)c2cc(CC(C)C)nn2C)C1. The van der Waals surface area contributed by atoms with Crippen LogP contribution in [0, 0.1) is 5.92 Å². The lowest BCUT2D eigenvalue weighted by Gasteiger charge is -2.21. The number of carbonyl (C=O) groups is 1. The molecule has 0 bridgehead atoms. The van der Waals surface area contributed by atoms with Crippen LogP contribution in [-0.2, 0) is 18.3 Å². The van der Waals surface area contributed by atoms with E-state index in [-0.39, 0.29) is 5.91 Å². The van der Waals surface area contributed by atoms with Gasteiger partial charge in [0, 0.05) is 13.5 Å². The zero-order chi connectivity index (χ0) is 15.6. The van der Waals surface area contributed by atoms with Gasteiger partial charge >= 0.3 is 0 Å². The average molecular weight is 292 g/mol. The fraction of sp³-hybridized carbons (Fsp3) is 0.667. The van der Waals surface area contributed by atoms with Crippen molar-refractivity contribution in [1.82, 2.24) is 15.1 Å². The van der Waals surface area contributed by atoms with Crippen molar-refractivity contribution in [1.29, 1.82) is 0 Å². The van der Waals surface area contributed by atoms with Crippen molar-refractivity contribution >= 4 is 11.6 Å². The van der Waals surface area contributed by atoms with Gasteiger partial charge in [-0.05, 0) is 32.3 Å². The average Bonchev–Trinajstić information content (AvgIpc) is 2.90. The third kappa shape index (κ3) is 3.83. The van der Waals surface area contributed by atoms with Gasteiger partial charge in [0.15, 0.2) is 5.60 Å². The third-order valence-electron chi connectivity index (χ3n) is 3.45. The van der Waals surface area contributed by atoms with E-state index >= 15 is 0 Å². The minimum atomic E-state index is -0.445. The van der Waals surface area contributed by atoms with Crippen molar-refractivity contribution in [2.75, 3.05) is 6.54 Å². The van der Waals surface area contributed by atoms with Crippen molar-refractivity contribution in [3.63, 3.8) is 0 Å². The zero-order valence-electron chi connectivity index (χ0n) is 13.4. The van der Waals surface area contributed by atoms with E-state index in [2.05, 4.69) is 29.4 Å². The molecule has 0 aromatic carbocycles. The van der Waals surface area contributed by atoms with Crippen LogP contribution < -0.4 is 5.32 Å². The van der Waals surface area contributed by atoms with E-state index in [1.165, 1.54) is 0 Å². The number of carbonyl (C=O) groups excluding carboxylic acids is 1. The van der Waals surface area contributed by atoms with Crippen molar-refractivity contribution in [2.24, 2.45) is 18.1 Å². The molecule has 116 valence electrons. The first-order chi connectivity index (χ1) is 9.79. The maximum atomic E-state index is 12.3. The van der Waals surface area contributed by atoms with Crippen molar-refractivity contribution in [3.8, 4) is 0 Å². The Hall–Kier alpha value is -1.85. The minimum Gasteiger partial charge on any atom is -0.387 e. The Balaban J connectivity index is 1.96. The standard InChI is InChI=1S/C15H24N4O2/c1-10(2)6-12-7-13(19(5)17-12)14(20)16-9-15(4)8-11(3)18-21-15/h7,10H,6,8-9H2,1-5H3,(H,16,20)/t15-/m0/s1. The first kappa shape index (κ1) is 15.5. The molecule has 0 radical (unpaired) electrons. The highest BCUT2D eigenvalue weighted by Gasteiger charge is 2.33. The van der Waals surface area contributed by atoms with Crippen LogP contribution in [0.2, 0.25) is 0 Å². The smallest absolute Gasteiger partial charge is 0.269 e. The van der Waals surface area contributed by atoms with Gasteiger partial charge in [0.05, 0.1) is 18.0 Å². The van der Waals surface area contributed by atoms with E-state index < -0.39 is 5.60 Å². The third-order valence-corrected chi connectivity index (χ3v) is 3.45. The van der Waals surface area contributed by atoms with E-state index in [0.29, 0.717) is 18.2 Å². The molecular weight excluding hydrogens is 268 g/mol. The molecule has 1 N–H and O–H groups in total. The van der Waals surface area contributed by atoms with E-state index in [1.807, 2.05) is 19.9 Å². The predicted octanol–water partition coefficient (Wildman–Crippen LogP) is 1.90. The number of hydrogen-bond acceptors (Lipinski definition) is 4. The zero-order valence-corrected chi connectivity index (χ0v) is 13.4. The molecule has 1 atom stereocenters. The summed E-state index contributed by atoms with van der Waals surface area (Å²) in [6, 6.07) is 1.86. The van der Waals surface area contributed by atoms with Gasteiger partial charge in [-0.1, -0.05) is 19.0 Å². The second kappa shape index (κ2) is 5.87. The number of aryl methyl sites for hydroxylation is 1. The van der Waals surface area contributed by atoms with Crippen LogP contribution in [0.4, 0.5) is 0 Å². The lowest BCUT2D eigenvalue weighted by molar-refractivity contribution is -0.00188. The summed E-state index contributed by atoms with van der Waals surface area (Å²) < 4.78 is 1.63. The normalized spacial score (nSPS) is 21.3. The molecule has 1 aliphatic heterocycles. The van der Waals surface area contributed by atoms with Gasteiger partial charge in [0.25, 0.3) is 5.91 Å². The summed E-state index contributed by atoms with van der Waals surface area (Å²) in [7, 11) is 1.79. The first-order valence-electron chi connectivity index (χ1n) is 7.32. The summed E-state index contributed by atoms with van der Waals surface area (Å²) in [5, 5.41) is 11.2. The monoisotopic (exact) mass is 292 g/mol. The maximum Gasteiger partial charge on any atom is 0.269 e. The van der Waals surface area contributed by atoms with Gasteiger partial charge in [-0.3, -0.25) is 9.48 Å². The molecule has 0 aliphatic carbocycles. The highest BCUT2D eigenvalue weighted by molar-refractivity contribution is 5.92. The van der Waals surface area contributed by atoms with Gasteiger partial charge in [0.1, 0.15) is 5.69 Å². The molecule has 1 aliphatic rings. The Morgan fingerprint density at radius 1 is 1.57 bits per heavy atom. The number of nitrogens with one attached hydrogen (secondary N) is 1.